The molecular formula is C19H29N7O2. The molecule has 0 spiro atoms. The van der Waals surface area contributed by atoms with Crippen LogP contribution in [0.3, 0.4) is 0 Å². The van der Waals surface area contributed by atoms with Crippen LogP contribution in [0, 0.1) is 5.41 Å². The minimum Gasteiger partial charge on any atom is -0.480 e. The molecule has 0 unspecified atom stereocenters. The quantitative estimate of drug-likeness (QED) is 0.283. The lowest BCUT2D eigenvalue weighted by atomic mass is 9.92. The number of rotatable bonds is 8. The van der Waals surface area contributed by atoms with Gasteiger partial charge in [-0.2, -0.15) is 0 Å². The molecule has 2 heterocycles. The van der Waals surface area contributed by atoms with Gasteiger partial charge in [0.05, 0.1) is 0 Å². The Hall–Kier alpha value is -3.07. The number of piperidine rings is 1. The van der Waals surface area contributed by atoms with E-state index in [2.05, 4.69) is 22.2 Å². The van der Waals surface area contributed by atoms with Crippen molar-refractivity contribution in [1.82, 2.24) is 20.5 Å². The molecule has 9 heteroatoms. The van der Waals surface area contributed by atoms with Gasteiger partial charge < -0.3 is 32.1 Å². The van der Waals surface area contributed by atoms with E-state index >= 15 is 0 Å². The molecule has 1 atom stereocenters. The topological polar surface area (TPSA) is 153 Å². The zero-order valence-corrected chi connectivity index (χ0v) is 16.1. The first-order chi connectivity index (χ1) is 13.3. The van der Waals surface area contributed by atoms with Crippen LogP contribution in [0.4, 0.5) is 5.82 Å². The van der Waals surface area contributed by atoms with E-state index in [1.165, 1.54) is 6.20 Å². The summed E-state index contributed by atoms with van der Waals surface area (Å²) < 4.78 is 0. The summed E-state index contributed by atoms with van der Waals surface area (Å²) in [6, 6.07) is 4.65. The Labute approximate surface area is 165 Å². The van der Waals surface area contributed by atoms with Gasteiger partial charge in [-0.1, -0.05) is 12.6 Å². The SMILES string of the molecule is C=CNC(NC[C@H](N)C(=O)O)=C(C)C(=N)N1CCC(c2cccc(N)n2)CC1. The van der Waals surface area contributed by atoms with Crippen molar-refractivity contribution in [2.45, 2.75) is 31.7 Å². The number of nitrogens with zero attached hydrogens (tertiary/aromatic N) is 2. The van der Waals surface area contributed by atoms with Gasteiger partial charge in [0.25, 0.3) is 0 Å². The van der Waals surface area contributed by atoms with E-state index < -0.39 is 12.0 Å². The van der Waals surface area contributed by atoms with E-state index in [-0.39, 0.29) is 6.54 Å². The summed E-state index contributed by atoms with van der Waals surface area (Å²) in [4.78, 5) is 17.3. The van der Waals surface area contributed by atoms with Crippen molar-refractivity contribution in [3.8, 4) is 0 Å². The standard InChI is InChI=1S/C19H29N7O2/c1-3-23-18(24-11-14(20)19(27)28)12(2)17(22)26-9-7-13(8-10-26)15-5-4-6-16(21)25-15/h3-6,13-14,22-24H,1,7-11,20H2,2H3,(H2,21,25)(H,27,28)/t14-/m0/s1. The highest BCUT2D eigenvalue weighted by atomic mass is 16.4. The number of anilines is 1. The number of nitrogens with one attached hydrogen (secondary N) is 3. The second-order valence-electron chi connectivity index (χ2n) is 6.77. The van der Waals surface area contributed by atoms with Gasteiger partial charge in [0.2, 0.25) is 0 Å². The minimum absolute atomic E-state index is 0.0410. The molecule has 0 bridgehead atoms. The summed E-state index contributed by atoms with van der Waals surface area (Å²) >= 11 is 0. The predicted molar refractivity (Wildman–Crippen MR) is 110 cm³/mol. The first-order valence-corrected chi connectivity index (χ1v) is 9.20. The third kappa shape index (κ3) is 5.46. The predicted octanol–water partition coefficient (Wildman–Crippen LogP) is 0.787. The molecule has 1 aromatic heterocycles. The number of aromatic nitrogens is 1. The Morgan fingerprint density at radius 1 is 1.50 bits per heavy atom. The third-order valence-electron chi connectivity index (χ3n) is 4.81. The van der Waals surface area contributed by atoms with Crippen molar-refractivity contribution < 1.29 is 9.90 Å². The monoisotopic (exact) mass is 387 g/mol. The number of hydrogen-bond donors (Lipinski definition) is 6. The van der Waals surface area contributed by atoms with E-state index in [4.69, 9.17) is 22.0 Å². The summed E-state index contributed by atoms with van der Waals surface area (Å²) in [5.74, 6) is 0.665. The molecule has 8 N–H and O–H groups in total. The fourth-order valence-electron chi connectivity index (χ4n) is 3.14. The Balaban J connectivity index is 2.01. The maximum absolute atomic E-state index is 10.9. The van der Waals surface area contributed by atoms with Crippen LogP contribution < -0.4 is 22.1 Å². The van der Waals surface area contributed by atoms with E-state index in [0.29, 0.717) is 29.0 Å². The number of amidine groups is 1. The molecule has 0 radical (unpaired) electrons. The molecule has 0 aromatic carbocycles. The number of pyridine rings is 1. The van der Waals surface area contributed by atoms with Crippen LogP contribution in [0.15, 0.2) is 42.4 Å². The van der Waals surface area contributed by atoms with E-state index in [9.17, 15) is 4.79 Å². The molecule has 152 valence electrons. The molecule has 1 fully saturated rings. The van der Waals surface area contributed by atoms with Crippen molar-refractivity contribution in [1.29, 1.82) is 5.41 Å². The van der Waals surface area contributed by atoms with Crippen molar-refractivity contribution in [2.75, 3.05) is 25.4 Å². The van der Waals surface area contributed by atoms with Crippen LogP contribution in [0.2, 0.25) is 0 Å². The Kier molecular flexibility index (Phi) is 7.39. The molecule has 1 aliphatic rings. The van der Waals surface area contributed by atoms with E-state index in [1.54, 1.807) is 13.0 Å². The molecule has 1 aromatic rings. The molecular weight excluding hydrogens is 358 g/mol. The summed E-state index contributed by atoms with van der Waals surface area (Å²) in [6.07, 6.45) is 3.24. The maximum Gasteiger partial charge on any atom is 0.322 e. The summed E-state index contributed by atoms with van der Waals surface area (Å²) in [6.45, 7) is 6.94. The van der Waals surface area contributed by atoms with Crippen LogP contribution >= 0.6 is 0 Å². The van der Waals surface area contributed by atoms with Crippen molar-refractivity contribution >= 4 is 17.6 Å². The smallest absolute Gasteiger partial charge is 0.322 e. The molecule has 1 saturated heterocycles. The number of carboxylic acid groups (broad SMARTS) is 1. The van der Waals surface area contributed by atoms with Gasteiger partial charge >= 0.3 is 5.97 Å². The molecule has 0 aliphatic carbocycles. The Morgan fingerprint density at radius 3 is 2.75 bits per heavy atom. The summed E-state index contributed by atoms with van der Waals surface area (Å²) in [5, 5.41) is 23.4. The highest BCUT2D eigenvalue weighted by molar-refractivity contribution is 5.96. The fraction of sp³-hybridized carbons (Fsp3) is 0.421. The van der Waals surface area contributed by atoms with Gasteiger partial charge in [0.15, 0.2) is 0 Å². The number of aliphatic carboxylic acids is 1. The highest BCUT2D eigenvalue weighted by Gasteiger charge is 2.24. The minimum atomic E-state index is -1.09. The van der Waals surface area contributed by atoms with Crippen LogP contribution in [-0.4, -0.2) is 52.5 Å². The zero-order chi connectivity index (χ0) is 20.7. The van der Waals surface area contributed by atoms with Gasteiger partial charge in [-0.15, -0.1) is 0 Å². The number of nitrogen functional groups attached to an aromatic ring is 1. The lowest BCUT2D eigenvalue weighted by Gasteiger charge is -2.34. The molecule has 1 aliphatic heterocycles. The molecule has 28 heavy (non-hydrogen) atoms. The van der Waals surface area contributed by atoms with Crippen LogP contribution in [-0.2, 0) is 4.79 Å². The number of carboxylic acids is 1. The van der Waals surface area contributed by atoms with Crippen molar-refractivity contribution in [3.05, 3.63) is 48.1 Å². The Morgan fingerprint density at radius 2 is 2.18 bits per heavy atom. The second-order valence-corrected chi connectivity index (χ2v) is 6.77. The highest BCUT2D eigenvalue weighted by Crippen LogP contribution is 2.27. The lowest BCUT2D eigenvalue weighted by Crippen LogP contribution is -2.43. The van der Waals surface area contributed by atoms with Crippen molar-refractivity contribution in [2.24, 2.45) is 5.73 Å². The van der Waals surface area contributed by atoms with Crippen LogP contribution in [0.5, 0.6) is 0 Å². The van der Waals surface area contributed by atoms with E-state index in [1.807, 2.05) is 17.0 Å². The first kappa shape index (κ1) is 21.2. The normalized spacial score (nSPS) is 16.7. The van der Waals surface area contributed by atoms with Gasteiger partial charge in [-0.3, -0.25) is 10.2 Å². The molecule has 9 nitrogen and oxygen atoms in total. The van der Waals surface area contributed by atoms with Gasteiger partial charge in [0, 0.05) is 36.8 Å². The molecule has 0 saturated carbocycles. The maximum atomic E-state index is 10.9. The average Bonchev–Trinajstić information content (AvgIpc) is 2.69. The number of carbonyl (C=O) groups is 1. The first-order valence-electron chi connectivity index (χ1n) is 9.20. The van der Waals surface area contributed by atoms with Crippen LogP contribution in [0.1, 0.15) is 31.4 Å². The lowest BCUT2D eigenvalue weighted by molar-refractivity contribution is -0.138. The van der Waals surface area contributed by atoms with E-state index in [0.717, 1.165) is 31.6 Å². The average molecular weight is 387 g/mol. The van der Waals surface area contributed by atoms with Crippen LogP contribution in [0.25, 0.3) is 0 Å². The summed E-state index contributed by atoms with van der Waals surface area (Å²) in [5.41, 5.74) is 13.0. The van der Waals surface area contributed by atoms with Gasteiger partial charge in [-0.05, 0) is 38.1 Å². The van der Waals surface area contributed by atoms with Gasteiger partial charge in [0.1, 0.15) is 23.5 Å². The summed E-state index contributed by atoms with van der Waals surface area (Å²) in [7, 11) is 0. The number of likely N-dealkylation sites (tertiary alicyclic amines) is 1. The Bertz CT molecular complexity index is 754. The fourth-order valence-corrected chi connectivity index (χ4v) is 3.14. The number of hydrogen-bond acceptors (Lipinski definition) is 7. The van der Waals surface area contributed by atoms with Crippen molar-refractivity contribution in [3.63, 3.8) is 0 Å². The second kappa shape index (κ2) is 9.75. The van der Waals surface area contributed by atoms with Gasteiger partial charge in [-0.25, -0.2) is 4.98 Å². The largest absolute Gasteiger partial charge is 0.480 e. The molecule has 0 amide bonds. The third-order valence-corrected chi connectivity index (χ3v) is 4.81. The molecule has 2 rings (SSSR count). The number of nitrogens with two attached hydrogens (primary N) is 2. The zero-order valence-electron chi connectivity index (χ0n) is 16.1.